The van der Waals surface area contributed by atoms with E-state index < -0.39 is 0 Å². The van der Waals surface area contributed by atoms with E-state index in [1.165, 1.54) is 5.69 Å². The van der Waals surface area contributed by atoms with E-state index in [1.807, 2.05) is 37.4 Å². The van der Waals surface area contributed by atoms with Crippen molar-refractivity contribution in [1.82, 2.24) is 14.5 Å². The highest BCUT2D eigenvalue weighted by Crippen LogP contribution is 2.13. The summed E-state index contributed by atoms with van der Waals surface area (Å²) in [5.41, 5.74) is 2.20. The smallest absolute Gasteiger partial charge is 0.137 e. The van der Waals surface area contributed by atoms with Gasteiger partial charge < -0.3 is 9.67 Å². The fraction of sp³-hybridized carbons (Fsp3) is 0.400. The molecule has 0 radical (unpaired) electrons. The zero-order valence-corrected chi connectivity index (χ0v) is 11.6. The van der Waals surface area contributed by atoms with Crippen LogP contribution in [0.1, 0.15) is 18.3 Å². The van der Waals surface area contributed by atoms with Crippen LogP contribution in [0.25, 0.3) is 5.82 Å². The van der Waals surface area contributed by atoms with E-state index in [2.05, 4.69) is 27.4 Å². The van der Waals surface area contributed by atoms with Crippen LogP contribution in [-0.4, -0.2) is 39.3 Å². The number of aryl methyl sites for hydroxylation is 1. The fourth-order valence-electron chi connectivity index (χ4n) is 2.15. The standard InChI is InChI=1S/C15H21N3O/c1-3-17(10-11-19)12-14-7-5-9-18(14)15-8-4-6-13(2)16-15/h4-9,19H,3,10-12H2,1-2H3. The first kappa shape index (κ1) is 13.8. The molecule has 0 unspecified atom stereocenters. The van der Waals surface area contributed by atoms with E-state index in [0.29, 0.717) is 6.54 Å². The highest BCUT2D eigenvalue weighted by Gasteiger charge is 2.08. The van der Waals surface area contributed by atoms with Crippen molar-refractivity contribution in [3.8, 4) is 5.82 Å². The maximum absolute atomic E-state index is 9.06. The molecule has 2 aromatic heterocycles. The van der Waals surface area contributed by atoms with E-state index in [4.69, 9.17) is 5.11 Å². The van der Waals surface area contributed by atoms with Gasteiger partial charge in [0.05, 0.1) is 6.61 Å². The van der Waals surface area contributed by atoms with Crippen molar-refractivity contribution in [3.63, 3.8) is 0 Å². The molecule has 4 heteroatoms. The van der Waals surface area contributed by atoms with Crippen LogP contribution in [0.5, 0.6) is 0 Å². The molecule has 0 spiro atoms. The molecule has 0 saturated carbocycles. The zero-order valence-electron chi connectivity index (χ0n) is 11.6. The van der Waals surface area contributed by atoms with Crippen molar-refractivity contribution >= 4 is 0 Å². The third kappa shape index (κ3) is 3.43. The number of hydrogen-bond acceptors (Lipinski definition) is 3. The number of rotatable bonds is 6. The van der Waals surface area contributed by atoms with Crippen molar-refractivity contribution in [2.24, 2.45) is 0 Å². The van der Waals surface area contributed by atoms with E-state index >= 15 is 0 Å². The molecule has 2 aromatic rings. The van der Waals surface area contributed by atoms with Crippen LogP contribution in [0, 0.1) is 6.92 Å². The summed E-state index contributed by atoms with van der Waals surface area (Å²) in [5, 5.41) is 9.06. The summed E-state index contributed by atoms with van der Waals surface area (Å²) in [5.74, 6) is 0.944. The molecule has 1 N–H and O–H groups in total. The Morgan fingerprint density at radius 2 is 2.11 bits per heavy atom. The third-order valence-corrected chi connectivity index (χ3v) is 3.20. The average molecular weight is 259 g/mol. The summed E-state index contributed by atoms with van der Waals surface area (Å²) >= 11 is 0. The van der Waals surface area contributed by atoms with Gasteiger partial charge in [-0.2, -0.15) is 0 Å². The lowest BCUT2D eigenvalue weighted by atomic mass is 10.3. The molecule has 4 nitrogen and oxygen atoms in total. The van der Waals surface area contributed by atoms with Gasteiger partial charge in [0.15, 0.2) is 0 Å². The first-order valence-electron chi connectivity index (χ1n) is 6.68. The van der Waals surface area contributed by atoms with Crippen LogP contribution in [0.15, 0.2) is 36.5 Å². The van der Waals surface area contributed by atoms with Gasteiger partial charge in [-0.25, -0.2) is 4.98 Å². The summed E-state index contributed by atoms with van der Waals surface area (Å²) in [7, 11) is 0. The number of aliphatic hydroxyl groups excluding tert-OH is 1. The van der Waals surface area contributed by atoms with Gasteiger partial charge in [0.25, 0.3) is 0 Å². The quantitative estimate of drug-likeness (QED) is 0.862. The van der Waals surface area contributed by atoms with Crippen LogP contribution < -0.4 is 0 Å². The number of nitrogens with zero attached hydrogens (tertiary/aromatic N) is 3. The van der Waals surface area contributed by atoms with Crippen LogP contribution in [-0.2, 0) is 6.54 Å². The molecule has 19 heavy (non-hydrogen) atoms. The minimum Gasteiger partial charge on any atom is -0.395 e. The molecule has 0 aliphatic heterocycles. The number of aromatic nitrogens is 2. The second kappa shape index (κ2) is 6.50. The van der Waals surface area contributed by atoms with Gasteiger partial charge in [-0.1, -0.05) is 13.0 Å². The normalized spacial score (nSPS) is 11.2. The predicted octanol–water partition coefficient (Wildman–Crippen LogP) is 1.99. The van der Waals surface area contributed by atoms with Crippen LogP contribution in [0.4, 0.5) is 0 Å². The van der Waals surface area contributed by atoms with Crippen molar-refractivity contribution in [2.45, 2.75) is 20.4 Å². The molecule has 0 amide bonds. The Bertz CT molecular complexity index is 522. The molecule has 0 aromatic carbocycles. The minimum atomic E-state index is 0.192. The predicted molar refractivity (Wildman–Crippen MR) is 76.3 cm³/mol. The molecule has 0 bridgehead atoms. The Kier molecular flexibility index (Phi) is 4.71. The molecule has 2 rings (SSSR count). The number of hydrogen-bond donors (Lipinski definition) is 1. The Hall–Kier alpha value is -1.65. The second-order valence-corrected chi connectivity index (χ2v) is 4.60. The largest absolute Gasteiger partial charge is 0.395 e. The Morgan fingerprint density at radius 3 is 2.79 bits per heavy atom. The highest BCUT2D eigenvalue weighted by atomic mass is 16.3. The molecule has 0 saturated heterocycles. The Morgan fingerprint density at radius 1 is 1.26 bits per heavy atom. The monoisotopic (exact) mass is 259 g/mol. The molecular formula is C15H21N3O. The molecule has 0 aliphatic rings. The summed E-state index contributed by atoms with van der Waals surface area (Å²) in [6.45, 7) is 6.73. The minimum absolute atomic E-state index is 0.192. The van der Waals surface area contributed by atoms with E-state index in [-0.39, 0.29) is 6.61 Å². The van der Waals surface area contributed by atoms with Crippen molar-refractivity contribution in [3.05, 3.63) is 47.9 Å². The lowest BCUT2D eigenvalue weighted by Crippen LogP contribution is -2.27. The lowest BCUT2D eigenvalue weighted by molar-refractivity contribution is 0.195. The molecule has 102 valence electrons. The number of pyridine rings is 1. The van der Waals surface area contributed by atoms with Gasteiger partial charge in [0.2, 0.25) is 0 Å². The van der Waals surface area contributed by atoms with E-state index in [1.54, 1.807) is 0 Å². The van der Waals surface area contributed by atoms with E-state index in [0.717, 1.165) is 24.6 Å². The van der Waals surface area contributed by atoms with Crippen LogP contribution in [0.3, 0.4) is 0 Å². The summed E-state index contributed by atoms with van der Waals surface area (Å²) in [6, 6.07) is 10.2. The topological polar surface area (TPSA) is 41.3 Å². The Balaban J connectivity index is 2.22. The first-order valence-corrected chi connectivity index (χ1v) is 6.68. The lowest BCUT2D eigenvalue weighted by Gasteiger charge is -2.20. The summed E-state index contributed by atoms with van der Waals surface area (Å²) in [4.78, 5) is 6.76. The maximum Gasteiger partial charge on any atom is 0.137 e. The third-order valence-electron chi connectivity index (χ3n) is 3.20. The Labute approximate surface area is 114 Å². The zero-order chi connectivity index (χ0) is 13.7. The summed E-state index contributed by atoms with van der Waals surface area (Å²) < 4.78 is 2.10. The average Bonchev–Trinajstić information content (AvgIpc) is 2.86. The van der Waals surface area contributed by atoms with Gasteiger partial charge in [-0.3, -0.25) is 4.90 Å². The van der Waals surface area contributed by atoms with E-state index in [9.17, 15) is 0 Å². The molecule has 0 aliphatic carbocycles. The number of likely N-dealkylation sites (N-methyl/N-ethyl adjacent to an activating group) is 1. The maximum atomic E-state index is 9.06. The molecule has 0 fully saturated rings. The van der Waals surface area contributed by atoms with Gasteiger partial charge in [-0.05, 0) is 37.7 Å². The van der Waals surface area contributed by atoms with Gasteiger partial charge in [-0.15, -0.1) is 0 Å². The van der Waals surface area contributed by atoms with Gasteiger partial charge >= 0.3 is 0 Å². The van der Waals surface area contributed by atoms with Crippen molar-refractivity contribution in [2.75, 3.05) is 19.7 Å². The summed E-state index contributed by atoms with van der Waals surface area (Å²) in [6.07, 6.45) is 2.03. The van der Waals surface area contributed by atoms with Crippen molar-refractivity contribution in [1.29, 1.82) is 0 Å². The van der Waals surface area contributed by atoms with Gasteiger partial charge in [0, 0.05) is 30.7 Å². The first-order chi connectivity index (χ1) is 9.24. The SMILES string of the molecule is CCN(CCO)Cc1cccn1-c1cccc(C)n1. The molecular weight excluding hydrogens is 238 g/mol. The van der Waals surface area contributed by atoms with Crippen molar-refractivity contribution < 1.29 is 5.11 Å². The highest BCUT2D eigenvalue weighted by molar-refractivity contribution is 5.29. The van der Waals surface area contributed by atoms with Crippen LogP contribution in [0.2, 0.25) is 0 Å². The molecule has 2 heterocycles. The molecule has 0 atom stereocenters. The van der Waals surface area contributed by atoms with Crippen LogP contribution >= 0.6 is 0 Å². The second-order valence-electron chi connectivity index (χ2n) is 4.60. The van der Waals surface area contributed by atoms with Gasteiger partial charge in [0.1, 0.15) is 5.82 Å². The number of aliphatic hydroxyl groups is 1. The fourth-order valence-corrected chi connectivity index (χ4v) is 2.15.